The minimum Gasteiger partial charge on any atom is -0.493 e. The lowest BCUT2D eigenvalue weighted by atomic mass is 10.1. The van der Waals surface area contributed by atoms with Gasteiger partial charge in [-0.1, -0.05) is 28.1 Å². The molecule has 0 bridgehead atoms. The van der Waals surface area contributed by atoms with Crippen LogP contribution in [0.2, 0.25) is 0 Å². The van der Waals surface area contributed by atoms with Gasteiger partial charge in [-0.2, -0.15) is 0 Å². The number of carbonyl (C=O) groups is 1. The summed E-state index contributed by atoms with van der Waals surface area (Å²) in [4.78, 5) is 16.8. The molecule has 2 amide bonds. The highest BCUT2D eigenvalue weighted by molar-refractivity contribution is 9.10. The molecule has 0 spiro atoms. The first-order chi connectivity index (χ1) is 16.5. The lowest BCUT2D eigenvalue weighted by Crippen LogP contribution is -2.31. The number of carbonyl (C=O) groups excluding carboxylic acids is 1. The molecule has 1 heterocycles. The van der Waals surface area contributed by atoms with Crippen molar-refractivity contribution in [2.24, 2.45) is 0 Å². The Morgan fingerprint density at radius 3 is 2.38 bits per heavy atom. The third-order valence-corrected chi connectivity index (χ3v) is 5.74. The minimum atomic E-state index is -0.290. The monoisotopic (exact) mass is 521 g/mol. The fourth-order valence-electron chi connectivity index (χ4n) is 3.49. The molecule has 0 aliphatic heterocycles. The number of hydrogen-bond acceptors (Lipinski definition) is 5. The molecule has 0 unspecified atom stereocenters. The molecule has 174 valence electrons. The summed E-state index contributed by atoms with van der Waals surface area (Å²) in [5, 5.41) is 6.58. The summed E-state index contributed by atoms with van der Waals surface area (Å²) in [5.74, 6) is 2.45. The minimum absolute atomic E-state index is 0.143. The van der Waals surface area contributed by atoms with Crippen molar-refractivity contribution in [3.05, 3.63) is 83.0 Å². The number of pyridine rings is 1. The van der Waals surface area contributed by atoms with Gasteiger partial charge in [0, 0.05) is 27.8 Å². The molecule has 7 nitrogen and oxygen atoms in total. The van der Waals surface area contributed by atoms with E-state index in [9.17, 15) is 4.79 Å². The Morgan fingerprint density at radius 2 is 1.68 bits per heavy atom. The highest BCUT2D eigenvalue weighted by Crippen LogP contribution is 2.37. The Labute approximate surface area is 206 Å². The van der Waals surface area contributed by atoms with Crippen LogP contribution in [0.25, 0.3) is 10.9 Å². The van der Waals surface area contributed by atoms with Crippen LogP contribution in [-0.4, -0.2) is 25.2 Å². The van der Waals surface area contributed by atoms with Crippen LogP contribution < -0.4 is 24.8 Å². The van der Waals surface area contributed by atoms with Gasteiger partial charge in [0.05, 0.1) is 25.8 Å². The van der Waals surface area contributed by atoms with E-state index in [1.165, 1.54) is 0 Å². The number of nitrogens with one attached hydrogen (secondary N) is 2. The summed E-state index contributed by atoms with van der Waals surface area (Å²) < 4.78 is 17.8. The van der Waals surface area contributed by atoms with E-state index in [1.54, 1.807) is 50.7 Å². The van der Waals surface area contributed by atoms with E-state index in [0.717, 1.165) is 20.9 Å². The van der Waals surface area contributed by atoms with E-state index in [0.29, 0.717) is 28.7 Å². The number of urea groups is 1. The van der Waals surface area contributed by atoms with Crippen molar-refractivity contribution in [3.8, 4) is 23.0 Å². The molecule has 0 saturated carbocycles. The number of ether oxygens (including phenoxy) is 3. The van der Waals surface area contributed by atoms with Crippen molar-refractivity contribution in [1.82, 2.24) is 10.3 Å². The number of anilines is 1. The molecule has 0 fully saturated rings. The average Bonchev–Trinajstić information content (AvgIpc) is 2.84. The quantitative estimate of drug-likeness (QED) is 0.283. The lowest BCUT2D eigenvalue weighted by Gasteiger charge is -2.16. The van der Waals surface area contributed by atoms with E-state index in [-0.39, 0.29) is 12.1 Å². The Balaban J connectivity index is 1.44. The van der Waals surface area contributed by atoms with Crippen LogP contribution in [0.15, 0.2) is 77.4 Å². The number of halogens is 1. The second-order valence-corrected chi connectivity index (χ2v) is 8.45. The predicted molar refractivity (Wildman–Crippen MR) is 136 cm³/mol. The molecule has 0 aliphatic rings. The number of fused-ring (bicyclic) bond motifs is 1. The Bertz CT molecular complexity index is 1310. The molecule has 0 aliphatic carbocycles. The van der Waals surface area contributed by atoms with Crippen LogP contribution >= 0.6 is 15.9 Å². The number of rotatable bonds is 7. The zero-order valence-electron chi connectivity index (χ0n) is 19.0. The molecule has 0 saturated heterocycles. The van der Waals surface area contributed by atoms with Gasteiger partial charge in [-0.05, 0) is 61.0 Å². The molecule has 1 aromatic heterocycles. The van der Waals surface area contributed by atoms with Crippen LogP contribution in [0.1, 0.15) is 18.5 Å². The number of nitrogens with zero attached hydrogens (tertiary/aromatic N) is 1. The molecule has 8 heteroatoms. The van der Waals surface area contributed by atoms with Crippen molar-refractivity contribution >= 4 is 38.6 Å². The lowest BCUT2D eigenvalue weighted by molar-refractivity contribution is 0.249. The van der Waals surface area contributed by atoms with Crippen LogP contribution in [-0.2, 0) is 0 Å². The zero-order chi connectivity index (χ0) is 24.1. The highest BCUT2D eigenvalue weighted by atomic mass is 79.9. The number of amides is 2. The first-order valence-corrected chi connectivity index (χ1v) is 11.4. The van der Waals surface area contributed by atoms with Crippen molar-refractivity contribution in [3.63, 3.8) is 0 Å². The second kappa shape index (κ2) is 10.4. The smallest absolute Gasteiger partial charge is 0.319 e. The van der Waals surface area contributed by atoms with Gasteiger partial charge in [0.1, 0.15) is 11.5 Å². The van der Waals surface area contributed by atoms with E-state index < -0.39 is 0 Å². The third kappa shape index (κ3) is 5.40. The van der Waals surface area contributed by atoms with Crippen molar-refractivity contribution in [1.29, 1.82) is 0 Å². The molecule has 1 atom stereocenters. The van der Waals surface area contributed by atoms with Crippen molar-refractivity contribution in [2.45, 2.75) is 13.0 Å². The van der Waals surface area contributed by atoms with Crippen LogP contribution in [0.3, 0.4) is 0 Å². The van der Waals surface area contributed by atoms with E-state index in [2.05, 4.69) is 31.5 Å². The maximum absolute atomic E-state index is 12.4. The molecular formula is C26H24BrN3O4. The van der Waals surface area contributed by atoms with Gasteiger partial charge in [0.15, 0.2) is 11.5 Å². The normalized spacial score (nSPS) is 11.5. The largest absolute Gasteiger partial charge is 0.493 e. The molecule has 2 N–H and O–H groups in total. The predicted octanol–water partition coefficient (Wildman–Crippen LogP) is 6.69. The highest BCUT2D eigenvalue weighted by Gasteiger charge is 2.12. The van der Waals surface area contributed by atoms with Crippen LogP contribution in [0.4, 0.5) is 10.5 Å². The van der Waals surface area contributed by atoms with Gasteiger partial charge in [0.25, 0.3) is 0 Å². The van der Waals surface area contributed by atoms with Gasteiger partial charge in [-0.15, -0.1) is 0 Å². The van der Waals surface area contributed by atoms with Crippen molar-refractivity contribution < 1.29 is 19.0 Å². The van der Waals surface area contributed by atoms with E-state index in [1.807, 2.05) is 43.3 Å². The number of hydrogen-bond donors (Lipinski definition) is 2. The van der Waals surface area contributed by atoms with Gasteiger partial charge < -0.3 is 24.8 Å². The van der Waals surface area contributed by atoms with Crippen LogP contribution in [0.5, 0.6) is 23.0 Å². The topological polar surface area (TPSA) is 81.7 Å². The number of benzene rings is 3. The third-order valence-electron chi connectivity index (χ3n) is 5.24. The summed E-state index contributed by atoms with van der Waals surface area (Å²) in [5.41, 5.74) is 2.38. The summed E-state index contributed by atoms with van der Waals surface area (Å²) in [7, 11) is 3.17. The summed E-state index contributed by atoms with van der Waals surface area (Å²) in [6.07, 6.45) is 1.68. The summed E-state index contributed by atoms with van der Waals surface area (Å²) in [6.45, 7) is 1.93. The molecule has 34 heavy (non-hydrogen) atoms. The Hall–Kier alpha value is -3.78. The number of aromatic nitrogens is 1. The Kier molecular flexibility index (Phi) is 7.18. The SMILES string of the molecule is COc1cc2nccc(Oc3ccc(NC(=O)N[C@H](C)c4cccc(Br)c4)cc3)c2cc1OC. The first-order valence-electron chi connectivity index (χ1n) is 10.6. The van der Waals surface area contributed by atoms with E-state index >= 15 is 0 Å². The Morgan fingerprint density at radius 1 is 0.941 bits per heavy atom. The van der Waals surface area contributed by atoms with Gasteiger partial charge in [0.2, 0.25) is 0 Å². The van der Waals surface area contributed by atoms with Gasteiger partial charge in [-0.3, -0.25) is 4.98 Å². The fourth-order valence-corrected chi connectivity index (χ4v) is 3.91. The molecule has 3 aromatic carbocycles. The molecule has 4 aromatic rings. The van der Waals surface area contributed by atoms with Gasteiger partial charge in [-0.25, -0.2) is 4.79 Å². The number of methoxy groups -OCH3 is 2. The van der Waals surface area contributed by atoms with Crippen LogP contribution in [0, 0.1) is 0 Å². The maximum atomic E-state index is 12.4. The van der Waals surface area contributed by atoms with E-state index in [4.69, 9.17) is 14.2 Å². The molecule has 4 rings (SSSR count). The average molecular weight is 522 g/mol. The zero-order valence-corrected chi connectivity index (χ0v) is 20.5. The molecule has 0 radical (unpaired) electrons. The summed E-state index contributed by atoms with van der Waals surface area (Å²) >= 11 is 3.45. The summed E-state index contributed by atoms with van der Waals surface area (Å²) in [6, 6.07) is 20.0. The fraction of sp³-hybridized carbons (Fsp3) is 0.154. The maximum Gasteiger partial charge on any atom is 0.319 e. The standard InChI is InChI=1S/C26H24BrN3O4/c1-16(17-5-4-6-18(27)13-17)29-26(31)30-19-7-9-20(10-8-19)34-23-11-12-28-22-15-25(33-3)24(32-2)14-21(22)23/h4-16H,1-3H3,(H2,29,30,31)/t16-/m1/s1. The van der Waals surface area contributed by atoms with Gasteiger partial charge >= 0.3 is 6.03 Å². The first kappa shape index (κ1) is 23.4. The molecular weight excluding hydrogens is 498 g/mol. The second-order valence-electron chi connectivity index (χ2n) is 7.54. The van der Waals surface area contributed by atoms with Crippen molar-refractivity contribution in [2.75, 3.05) is 19.5 Å².